The van der Waals surface area contributed by atoms with E-state index in [1.807, 2.05) is 0 Å². The first-order valence-corrected chi connectivity index (χ1v) is 8.76. The summed E-state index contributed by atoms with van der Waals surface area (Å²) in [5.41, 5.74) is 5.64. The Bertz CT molecular complexity index is 868. The Hall–Kier alpha value is -3.27. The molecule has 0 saturated carbocycles. The number of imide groups is 2. The molecule has 0 radical (unpaired) electrons. The average Bonchev–Trinajstić information content (AvgIpc) is 2.90. The molecule has 1 atom stereocenters. The number of fused-ring (bicyclic) bond motifs is 1. The Morgan fingerprint density at radius 3 is 2.64 bits per heavy atom. The molecule has 1 saturated heterocycles. The van der Waals surface area contributed by atoms with Crippen molar-refractivity contribution in [3.63, 3.8) is 0 Å². The number of carbonyl (C=O) groups excluding carboxylic acids is 5. The molecule has 1 unspecified atom stereocenters. The van der Waals surface area contributed by atoms with E-state index in [9.17, 15) is 24.0 Å². The number of likely N-dealkylation sites (N-methyl/N-ethyl adjacent to an activating group) is 1. The molecule has 0 bridgehead atoms. The van der Waals surface area contributed by atoms with Crippen LogP contribution in [0.2, 0.25) is 0 Å². The molecule has 1 aromatic carbocycles. The van der Waals surface area contributed by atoms with Crippen molar-refractivity contribution in [2.24, 2.45) is 5.73 Å². The third-order valence-corrected chi connectivity index (χ3v) is 4.66. The maximum atomic E-state index is 12.7. The number of nitrogens with one attached hydrogen (secondary N) is 1. The summed E-state index contributed by atoms with van der Waals surface area (Å²) in [6.45, 7) is 0.475. The van der Waals surface area contributed by atoms with Crippen molar-refractivity contribution in [1.29, 1.82) is 0 Å². The molecule has 2 heterocycles. The molecule has 2 aliphatic rings. The molecule has 1 fully saturated rings. The smallest absolute Gasteiger partial charge is 0.262 e. The van der Waals surface area contributed by atoms with Crippen molar-refractivity contribution in [1.82, 2.24) is 15.1 Å². The zero-order valence-corrected chi connectivity index (χ0v) is 15.3. The molecule has 10 nitrogen and oxygen atoms in total. The number of nitrogens with two attached hydrogens (primary N) is 1. The van der Waals surface area contributed by atoms with Crippen molar-refractivity contribution in [3.05, 3.63) is 29.3 Å². The van der Waals surface area contributed by atoms with Gasteiger partial charge in [0.1, 0.15) is 11.8 Å². The van der Waals surface area contributed by atoms with Gasteiger partial charge < -0.3 is 15.4 Å². The SMILES string of the molecule is CN(CCN)C(=O)COc1ccc2c(c1)C(=O)N(C1CCC(=O)NC1=O)C2=O. The Balaban J connectivity index is 1.74. The van der Waals surface area contributed by atoms with Crippen LogP contribution in [0.4, 0.5) is 0 Å². The van der Waals surface area contributed by atoms with Crippen LogP contribution in [0, 0.1) is 0 Å². The molecule has 5 amide bonds. The second kappa shape index (κ2) is 7.77. The maximum Gasteiger partial charge on any atom is 0.262 e. The third kappa shape index (κ3) is 3.58. The van der Waals surface area contributed by atoms with Crippen LogP contribution in [-0.4, -0.2) is 72.1 Å². The minimum absolute atomic E-state index is 0.0522. The van der Waals surface area contributed by atoms with Gasteiger partial charge >= 0.3 is 0 Å². The van der Waals surface area contributed by atoms with Gasteiger partial charge in [-0.25, -0.2) is 0 Å². The molecule has 3 rings (SSSR count). The second-order valence-corrected chi connectivity index (χ2v) is 6.55. The van der Waals surface area contributed by atoms with Gasteiger partial charge in [0.2, 0.25) is 11.8 Å². The van der Waals surface area contributed by atoms with Gasteiger partial charge in [-0.2, -0.15) is 0 Å². The normalized spacial score (nSPS) is 18.8. The largest absolute Gasteiger partial charge is 0.484 e. The fourth-order valence-electron chi connectivity index (χ4n) is 3.11. The number of hydrogen-bond acceptors (Lipinski definition) is 7. The molecular formula is C18H20N4O6. The lowest BCUT2D eigenvalue weighted by atomic mass is 10.0. The summed E-state index contributed by atoms with van der Waals surface area (Å²) in [6, 6.07) is 3.25. The van der Waals surface area contributed by atoms with E-state index in [2.05, 4.69) is 5.32 Å². The minimum atomic E-state index is -1.03. The highest BCUT2D eigenvalue weighted by molar-refractivity contribution is 6.23. The monoisotopic (exact) mass is 388 g/mol. The Kier molecular flexibility index (Phi) is 5.41. The molecule has 0 aliphatic carbocycles. The molecule has 1 aromatic rings. The average molecular weight is 388 g/mol. The van der Waals surface area contributed by atoms with Gasteiger partial charge in [-0.1, -0.05) is 0 Å². The number of rotatable bonds is 6. The minimum Gasteiger partial charge on any atom is -0.484 e. The number of benzene rings is 1. The van der Waals surface area contributed by atoms with Gasteiger partial charge in [0.05, 0.1) is 11.1 Å². The van der Waals surface area contributed by atoms with E-state index in [-0.39, 0.29) is 42.2 Å². The molecular weight excluding hydrogens is 368 g/mol. The number of amides is 5. The zero-order chi connectivity index (χ0) is 20.4. The molecule has 3 N–H and O–H groups in total. The van der Waals surface area contributed by atoms with Crippen LogP contribution >= 0.6 is 0 Å². The second-order valence-electron chi connectivity index (χ2n) is 6.55. The van der Waals surface area contributed by atoms with Crippen molar-refractivity contribution in [2.75, 3.05) is 26.7 Å². The molecule has 28 heavy (non-hydrogen) atoms. The quantitative estimate of drug-likeness (QED) is 0.589. The van der Waals surface area contributed by atoms with Crippen molar-refractivity contribution in [3.8, 4) is 5.75 Å². The first kappa shape index (κ1) is 19.5. The number of carbonyl (C=O) groups is 5. The molecule has 0 aromatic heterocycles. The van der Waals surface area contributed by atoms with Gasteiger partial charge in [-0.15, -0.1) is 0 Å². The lowest BCUT2D eigenvalue weighted by molar-refractivity contribution is -0.136. The number of ether oxygens (including phenoxy) is 1. The summed E-state index contributed by atoms with van der Waals surface area (Å²) in [7, 11) is 1.60. The van der Waals surface area contributed by atoms with E-state index in [4.69, 9.17) is 10.5 Å². The topological polar surface area (TPSA) is 139 Å². The summed E-state index contributed by atoms with van der Waals surface area (Å²) < 4.78 is 5.42. The van der Waals surface area contributed by atoms with Gasteiger partial charge in [-0.3, -0.25) is 34.2 Å². The molecule has 0 spiro atoms. The van der Waals surface area contributed by atoms with Crippen LogP contribution in [0.5, 0.6) is 5.75 Å². The first-order valence-electron chi connectivity index (χ1n) is 8.76. The fourth-order valence-corrected chi connectivity index (χ4v) is 3.11. The van der Waals surface area contributed by atoms with E-state index in [0.29, 0.717) is 13.1 Å². The van der Waals surface area contributed by atoms with Crippen LogP contribution < -0.4 is 15.8 Å². The zero-order valence-electron chi connectivity index (χ0n) is 15.3. The van der Waals surface area contributed by atoms with E-state index in [1.165, 1.54) is 23.1 Å². The number of piperidine rings is 1. The van der Waals surface area contributed by atoms with Crippen molar-refractivity contribution >= 4 is 29.5 Å². The Morgan fingerprint density at radius 1 is 1.25 bits per heavy atom. The predicted octanol–water partition coefficient (Wildman–Crippen LogP) is -1.12. The van der Waals surface area contributed by atoms with Gasteiger partial charge in [0.15, 0.2) is 6.61 Å². The van der Waals surface area contributed by atoms with E-state index >= 15 is 0 Å². The van der Waals surface area contributed by atoms with Crippen LogP contribution in [0.15, 0.2) is 18.2 Å². The highest BCUT2D eigenvalue weighted by Gasteiger charge is 2.44. The van der Waals surface area contributed by atoms with Crippen LogP contribution in [0.3, 0.4) is 0 Å². The van der Waals surface area contributed by atoms with E-state index in [1.54, 1.807) is 7.05 Å². The van der Waals surface area contributed by atoms with Crippen LogP contribution in [0.1, 0.15) is 33.6 Å². The number of nitrogens with zero attached hydrogens (tertiary/aromatic N) is 2. The van der Waals surface area contributed by atoms with Gasteiger partial charge in [0, 0.05) is 26.6 Å². The molecule has 148 valence electrons. The van der Waals surface area contributed by atoms with Crippen LogP contribution in [-0.2, 0) is 14.4 Å². The summed E-state index contributed by atoms with van der Waals surface area (Å²) in [5, 5.41) is 2.14. The first-order chi connectivity index (χ1) is 13.3. The lowest BCUT2D eigenvalue weighted by Crippen LogP contribution is -2.54. The summed E-state index contributed by atoms with van der Waals surface area (Å²) in [6.07, 6.45) is 0.137. The Morgan fingerprint density at radius 2 is 1.96 bits per heavy atom. The fraction of sp³-hybridized carbons (Fsp3) is 0.389. The summed E-state index contributed by atoms with van der Waals surface area (Å²) in [5.74, 6) is -2.36. The maximum absolute atomic E-state index is 12.7. The molecule has 2 aliphatic heterocycles. The predicted molar refractivity (Wildman–Crippen MR) is 95.3 cm³/mol. The standard InChI is InChI=1S/C18H20N4O6/c1-21(7-6-19)15(24)9-28-10-2-3-11-12(8-10)18(27)22(17(11)26)13-4-5-14(23)20-16(13)25/h2-3,8,13H,4-7,9,19H2,1H3,(H,20,23,25). The van der Waals surface area contributed by atoms with Gasteiger partial charge in [-0.05, 0) is 24.6 Å². The highest BCUT2D eigenvalue weighted by atomic mass is 16.5. The highest BCUT2D eigenvalue weighted by Crippen LogP contribution is 2.30. The lowest BCUT2D eigenvalue weighted by Gasteiger charge is -2.27. The molecule has 10 heteroatoms. The number of hydrogen-bond donors (Lipinski definition) is 2. The summed E-state index contributed by atoms with van der Waals surface area (Å²) in [4.78, 5) is 62.9. The van der Waals surface area contributed by atoms with Crippen molar-refractivity contribution < 1.29 is 28.7 Å². The third-order valence-electron chi connectivity index (χ3n) is 4.66. The van der Waals surface area contributed by atoms with Gasteiger partial charge in [0.25, 0.3) is 17.7 Å². The Labute approximate surface area is 160 Å². The van der Waals surface area contributed by atoms with Crippen LogP contribution in [0.25, 0.3) is 0 Å². The van der Waals surface area contributed by atoms with E-state index < -0.39 is 29.7 Å². The van der Waals surface area contributed by atoms with Crippen molar-refractivity contribution in [2.45, 2.75) is 18.9 Å². The van der Waals surface area contributed by atoms with E-state index in [0.717, 1.165) is 4.90 Å². The summed E-state index contributed by atoms with van der Waals surface area (Å²) >= 11 is 0.